The predicted octanol–water partition coefficient (Wildman–Crippen LogP) is 1.40. The second-order valence-corrected chi connectivity index (χ2v) is 7.19. The average molecular weight is 419 g/mol. The number of hydrogen-bond donors (Lipinski definition) is 3. The summed E-state index contributed by atoms with van der Waals surface area (Å²) in [5.74, 6) is -2.28. The number of aryl methyl sites for hydroxylation is 1. The number of carbonyl (C=O) groups is 1. The van der Waals surface area contributed by atoms with Gasteiger partial charge in [-0.3, -0.25) is 20.0 Å². The largest absolute Gasteiger partial charge is 0.324 e. The molecule has 0 saturated carbocycles. The highest BCUT2D eigenvalue weighted by atomic mass is 19.1. The molecular weight excluding hydrogens is 396 g/mol. The molecule has 4 N–H and O–H groups in total. The van der Waals surface area contributed by atoms with E-state index < -0.39 is 36.3 Å². The molecule has 1 amide bonds. The molecule has 2 aromatic rings. The number of nitroso groups, excluding NO2 is 1. The molecule has 0 aliphatic carbocycles. The highest BCUT2D eigenvalue weighted by Gasteiger charge is 2.40. The van der Waals surface area contributed by atoms with Gasteiger partial charge in [0.1, 0.15) is 12.1 Å². The molecule has 4 atom stereocenters. The maximum atomic E-state index is 13.6. The second kappa shape index (κ2) is 9.28. The summed E-state index contributed by atoms with van der Waals surface area (Å²) in [6.07, 6.45) is -0.173. The first-order valence-electron chi connectivity index (χ1n) is 9.36. The first-order valence-corrected chi connectivity index (χ1v) is 9.36. The van der Waals surface area contributed by atoms with Gasteiger partial charge in [-0.15, -0.1) is 4.91 Å². The number of carbonyl (C=O) groups excluding carboxylic acids is 1. The minimum atomic E-state index is -1.35. The molecule has 1 aliphatic rings. The van der Waals surface area contributed by atoms with Gasteiger partial charge >= 0.3 is 0 Å². The summed E-state index contributed by atoms with van der Waals surface area (Å²) in [5, 5.41) is 8.46. The molecule has 30 heavy (non-hydrogen) atoms. The number of nitrogens with zero attached hydrogens (tertiary/aromatic N) is 4. The number of pyridine rings is 2. The van der Waals surface area contributed by atoms with E-state index in [1.165, 1.54) is 18.5 Å². The lowest BCUT2D eigenvalue weighted by molar-refractivity contribution is -0.124. The van der Waals surface area contributed by atoms with Crippen LogP contribution in [0.15, 0.2) is 35.8 Å². The van der Waals surface area contributed by atoms with Crippen molar-refractivity contribution in [1.29, 1.82) is 0 Å². The molecule has 0 spiro atoms. The van der Waals surface area contributed by atoms with Gasteiger partial charge in [-0.05, 0) is 32.2 Å². The van der Waals surface area contributed by atoms with Crippen LogP contribution in [0.3, 0.4) is 0 Å². The van der Waals surface area contributed by atoms with Crippen LogP contribution < -0.4 is 16.4 Å². The Bertz CT molecular complexity index is 930. The van der Waals surface area contributed by atoms with Crippen molar-refractivity contribution in [3.8, 4) is 11.1 Å². The fourth-order valence-electron chi connectivity index (χ4n) is 3.61. The molecule has 0 radical (unpaired) electrons. The van der Waals surface area contributed by atoms with E-state index in [2.05, 4.69) is 25.8 Å². The van der Waals surface area contributed by atoms with Crippen molar-refractivity contribution in [3.05, 3.63) is 47.1 Å². The second-order valence-electron chi connectivity index (χ2n) is 7.19. The van der Waals surface area contributed by atoms with E-state index in [-0.39, 0.29) is 13.1 Å². The van der Waals surface area contributed by atoms with Crippen molar-refractivity contribution < 1.29 is 13.6 Å². The Kier molecular flexibility index (Phi) is 6.75. The van der Waals surface area contributed by atoms with Crippen LogP contribution in [0.25, 0.3) is 11.1 Å². The Morgan fingerprint density at radius 2 is 2.17 bits per heavy atom. The molecule has 1 saturated heterocycles. The van der Waals surface area contributed by atoms with Gasteiger partial charge in [0.05, 0.1) is 18.1 Å². The molecule has 3 rings (SSSR count). The molecule has 1 fully saturated rings. The molecule has 0 aromatic carbocycles. The Hall–Kier alpha value is -2.89. The van der Waals surface area contributed by atoms with Crippen LogP contribution in [0, 0.1) is 23.7 Å². The van der Waals surface area contributed by atoms with Crippen molar-refractivity contribution in [3.63, 3.8) is 0 Å². The monoisotopic (exact) mass is 419 g/mol. The minimum absolute atomic E-state index is 0.0307. The molecule has 11 heteroatoms. The molecule has 160 valence electrons. The molecular formula is C19H23F2N7O2. The number of nitrogens with two attached hydrogens (primary N) is 1. The Morgan fingerprint density at radius 1 is 1.40 bits per heavy atom. The van der Waals surface area contributed by atoms with E-state index >= 15 is 0 Å². The molecule has 3 heterocycles. The summed E-state index contributed by atoms with van der Waals surface area (Å²) in [6.45, 7) is 1.77. The van der Waals surface area contributed by atoms with E-state index in [0.717, 1.165) is 0 Å². The number of hydrogen-bond acceptors (Lipinski definition) is 8. The number of anilines is 1. The lowest BCUT2D eigenvalue weighted by Crippen LogP contribution is -2.62. The maximum absolute atomic E-state index is 13.6. The summed E-state index contributed by atoms with van der Waals surface area (Å²) in [5.41, 5.74) is 7.77. The number of alkyl halides is 1. The van der Waals surface area contributed by atoms with Gasteiger partial charge in [-0.2, -0.15) is 4.39 Å². The zero-order chi connectivity index (χ0) is 21.8. The van der Waals surface area contributed by atoms with Crippen LogP contribution in [0.2, 0.25) is 0 Å². The summed E-state index contributed by atoms with van der Waals surface area (Å²) in [7, 11) is 1.63. The average Bonchev–Trinajstić information content (AvgIpc) is 2.70. The number of rotatable bonds is 6. The fraction of sp³-hybridized carbons (Fsp3) is 0.421. The lowest BCUT2D eigenvalue weighted by Gasteiger charge is -2.39. The lowest BCUT2D eigenvalue weighted by atomic mass is 9.97. The topological polar surface area (TPSA) is 126 Å². The quantitative estimate of drug-likeness (QED) is 0.477. The van der Waals surface area contributed by atoms with Crippen LogP contribution in [0.5, 0.6) is 0 Å². The molecule has 4 unspecified atom stereocenters. The first kappa shape index (κ1) is 21.8. The van der Waals surface area contributed by atoms with E-state index in [1.807, 2.05) is 0 Å². The van der Waals surface area contributed by atoms with Gasteiger partial charge in [0.15, 0.2) is 6.17 Å². The smallest absolute Gasteiger partial charge is 0.234 e. The van der Waals surface area contributed by atoms with Crippen LogP contribution in [0.1, 0.15) is 5.69 Å². The number of aromatic nitrogens is 2. The number of amides is 1. The molecule has 0 bridgehead atoms. The highest BCUT2D eigenvalue weighted by molar-refractivity contribution is 5.97. The zero-order valence-corrected chi connectivity index (χ0v) is 16.5. The third kappa shape index (κ3) is 4.64. The van der Waals surface area contributed by atoms with Crippen LogP contribution in [0.4, 0.5) is 14.5 Å². The molecule has 1 aliphatic heterocycles. The number of halogens is 2. The summed E-state index contributed by atoms with van der Waals surface area (Å²) in [4.78, 5) is 33.7. The first-order chi connectivity index (χ1) is 14.3. The zero-order valence-electron chi connectivity index (χ0n) is 16.5. The van der Waals surface area contributed by atoms with E-state index in [1.54, 1.807) is 31.0 Å². The van der Waals surface area contributed by atoms with Crippen molar-refractivity contribution in [2.24, 2.45) is 16.8 Å². The predicted molar refractivity (Wildman–Crippen MR) is 107 cm³/mol. The molecule has 2 aromatic heterocycles. The van der Waals surface area contributed by atoms with Gasteiger partial charge < -0.3 is 11.1 Å². The van der Waals surface area contributed by atoms with Crippen LogP contribution in [-0.4, -0.2) is 59.4 Å². The normalized spacial score (nSPS) is 21.6. The SMILES string of the molecule is Cc1nc(F)ccc1-c1ccncc1NC(=O)C(C(N)N=O)C1NCC(F)CN1C. The minimum Gasteiger partial charge on any atom is -0.324 e. The van der Waals surface area contributed by atoms with Crippen molar-refractivity contribution in [2.45, 2.75) is 25.4 Å². The maximum Gasteiger partial charge on any atom is 0.234 e. The van der Waals surface area contributed by atoms with Crippen LogP contribution >= 0.6 is 0 Å². The highest BCUT2D eigenvalue weighted by Crippen LogP contribution is 2.30. The summed E-state index contributed by atoms with van der Waals surface area (Å²) >= 11 is 0. The van der Waals surface area contributed by atoms with Gasteiger partial charge in [-0.1, -0.05) is 5.18 Å². The van der Waals surface area contributed by atoms with E-state index in [4.69, 9.17) is 5.73 Å². The fourth-order valence-corrected chi connectivity index (χ4v) is 3.61. The third-order valence-corrected chi connectivity index (χ3v) is 5.06. The summed E-state index contributed by atoms with van der Waals surface area (Å²) in [6, 6.07) is 4.43. The number of nitrogens with one attached hydrogen (secondary N) is 2. The van der Waals surface area contributed by atoms with E-state index in [0.29, 0.717) is 22.5 Å². The standard InChI is InChI=1S/C19H23F2N7O2/c1-10-12(3-4-15(21)25-10)13-5-6-23-8-14(13)26-19(29)16(17(22)27-30)18-24-7-11(20)9-28(18)2/h3-6,8,11,16-18,24H,7,9,22H2,1-2H3,(H,26,29). The van der Waals surface area contributed by atoms with Gasteiger partial charge in [0, 0.05) is 36.1 Å². The van der Waals surface area contributed by atoms with Crippen molar-refractivity contribution in [2.75, 3.05) is 25.5 Å². The van der Waals surface area contributed by atoms with E-state index in [9.17, 15) is 18.5 Å². The van der Waals surface area contributed by atoms with Gasteiger partial charge in [0.2, 0.25) is 11.9 Å². The van der Waals surface area contributed by atoms with Crippen LogP contribution in [-0.2, 0) is 4.79 Å². The third-order valence-electron chi connectivity index (χ3n) is 5.06. The van der Waals surface area contributed by atoms with Gasteiger partial charge in [-0.25, -0.2) is 9.37 Å². The summed E-state index contributed by atoms with van der Waals surface area (Å²) < 4.78 is 27.0. The van der Waals surface area contributed by atoms with Gasteiger partial charge in [0.25, 0.3) is 0 Å². The van der Waals surface area contributed by atoms with Crippen molar-refractivity contribution >= 4 is 11.6 Å². The molecule has 9 nitrogen and oxygen atoms in total. The van der Waals surface area contributed by atoms with Crippen molar-refractivity contribution in [1.82, 2.24) is 20.2 Å². The Labute approximate surface area is 172 Å². The Morgan fingerprint density at radius 3 is 2.83 bits per heavy atom. The Balaban J connectivity index is 1.91.